The lowest BCUT2D eigenvalue weighted by Gasteiger charge is -2.07. The molecular weight excluding hydrogens is 253 g/mol. The van der Waals surface area contributed by atoms with Gasteiger partial charge in [0, 0.05) is 15.6 Å². The van der Waals surface area contributed by atoms with Gasteiger partial charge in [0.25, 0.3) is 0 Å². The van der Waals surface area contributed by atoms with Crippen LogP contribution in [0.4, 0.5) is 8.78 Å². The predicted molar refractivity (Wildman–Crippen MR) is 61.8 cm³/mol. The molecule has 0 unspecified atom stereocenters. The summed E-state index contributed by atoms with van der Waals surface area (Å²) in [6, 6.07) is 8.15. The summed E-state index contributed by atoms with van der Waals surface area (Å²) in [5.41, 5.74) is 0.0970. The molecule has 0 bridgehead atoms. The zero-order valence-corrected chi connectivity index (χ0v) is 9.49. The molecule has 0 aromatic heterocycles. The Morgan fingerprint density at radius 3 is 2.12 bits per heavy atom. The summed E-state index contributed by atoms with van der Waals surface area (Å²) >= 11 is 11.7. The Morgan fingerprint density at radius 1 is 0.875 bits per heavy atom. The van der Waals surface area contributed by atoms with Crippen molar-refractivity contribution >= 4 is 23.2 Å². The van der Waals surface area contributed by atoms with Crippen molar-refractivity contribution in [3.05, 3.63) is 58.1 Å². The maximum absolute atomic E-state index is 13.5. The second-order valence-electron chi connectivity index (χ2n) is 3.22. The zero-order valence-electron chi connectivity index (χ0n) is 7.98. The lowest BCUT2D eigenvalue weighted by Crippen LogP contribution is -1.90. The summed E-state index contributed by atoms with van der Waals surface area (Å²) < 4.78 is 27.0. The summed E-state index contributed by atoms with van der Waals surface area (Å²) in [6.07, 6.45) is 0. The Labute approximate surface area is 101 Å². The molecular formula is C12H6Cl2F2. The number of benzene rings is 2. The van der Waals surface area contributed by atoms with Gasteiger partial charge in [0.2, 0.25) is 0 Å². The number of hydrogen-bond acceptors (Lipinski definition) is 0. The molecule has 0 atom stereocenters. The van der Waals surface area contributed by atoms with Crippen LogP contribution in [0.5, 0.6) is 0 Å². The third-order valence-corrected chi connectivity index (χ3v) is 2.73. The molecule has 0 aliphatic rings. The topological polar surface area (TPSA) is 0 Å². The number of rotatable bonds is 1. The zero-order chi connectivity index (χ0) is 11.7. The summed E-state index contributed by atoms with van der Waals surface area (Å²) in [5.74, 6) is -1.33. The molecule has 0 heterocycles. The third-order valence-electron chi connectivity index (χ3n) is 2.16. The Kier molecular flexibility index (Phi) is 3.13. The van der Waals surface area contributed by atoms with Crippen molar-refractivity contribution in [2.45, 2.75) is 0 Å². The molecule has 0 nitrogen and oxygen atoms in total. The highest BCUT2D eigenvalue weighted by molar-refractivity contribution is 6.35. The van der Waals surface area contributed by atoms with Gasteiger partial charge in [0.15, 0.2) is 0 Å². The van der Waals surface area contributed by atoms with Crippen LogP contribution in [0.25, 0.3) is 11.1 Å². The molecule has 0 fully saturated rings. The van der Waals surface area contributed by atoms with Crippen LogP contribution in [-0.4, -0.2) is 0 Å². The minimum Gasteiger partial charge on any atom is -0.206 e. The predicted octanol–water partition coefficient (Wildman–Crippen LogP) is 4.94. The first-order chi connectivity index (χ1) is 7.59. The first-order valence-corrected chi connectivity index (χ1v) is 5.24. The van der Waals surface area contributed by atoms with Crippen molar-refractivity contribution in [3.63, 3.8) is 0 Å². The fourth-order valence-corrected chi connectivity index (χ4v) is 1.83. The quantitative estimate of drug-likeness (QED) is 0.680. The van der Waals surface area contributed by atoms with Gasteiger partial charge in [-0.05, 0) is 30.3 Å². The van der Waals surface area contributed by atoms with E-state index in [4.69, 9.17) is 23.2 Å². The Hall–Kier alpha value is -1.12. The highest BCUT2D eigenvalue weighted by Crippen LogP contribution is 2.33. The molecule has 0 spiro atoms. The van der Waals surface area contributed by atoms with Crippen LogP contribution >= 0.6 is 23.2 Å². The molecule has 4 heteroatoms. The van der Waals surface area contributed by atoms with Crippen molar-refractivity contribution in [1.82, 2.24) is 0 Å². The smallest absolute Gasteiger partial charge is 0.134 e. The van der Waals surface area contributed by atoms with Crippen molar-refractivity contribution in [2.24, 2.45) is 0 Å². The van der Waals surface area contributed by atoms with Crippen molar-refractivity contribution in [3.8, 4) is 11.1 Å². The molecule has 0 N–H and O–H groups in total. The average Bonchev–Trinajstić information content (AvgIpc) is 2.23. The molecule has 0 saturated heterocycles. The van der Waals surface area contributed by atoms with Crippen LogP contribution in [0.1, 0.15) is 0 Å². The third kappa shape index (κ3) is 2.04. The first-order valence-electron chi connectivity index (χ1n) is 4.49. The molecule has 2 rings (SSSR count). The van der Waals surface area contributed by atoms with Crippen LogP contribution in [0.15, 0.2) is 36.4 Å². The average molecular weight is 259 g/mol. The van der Waals surface area contributed by atoms with Crippen molar-refractivity contribution in [1.29, 1.82) is 0 Å². The molecule has 0 radical (unpaired) electrons. The normalized spacial score (nSPS) is 10.5. The lowest BCUT2D eigenvalue weighted by atomic mass is 10.0. The van der Waals surface area contributed by atoms with Crippen molar-refractivity contribution < 1.29 is 8.78 Å². The van der Waals surface area contributed by atoms with Gasteiger partial charge in [-0.3, -0.25) is 0 Å². The van der Waals surface area contributed by atoms with Gasteiger partial charge in [-0.2, -0.15) is 0 Å². The molecule has 0 amide bonds. The monoisotopic (exact) mass is 258 g/mol. The standard InChI is InChI=1S/C12H6Cl2F2/c13-7-4-5-9(14)8(6-7)12-10(15)2-1-3-11(12)16/h1-6H. The molecule has 16 heavy (non-hydrogen) atoms. The van der Waals surface area contributed by atoms with Gasteiger partial charge in [0.05, 0.1) is 5.56 Å². The molecule has 82 valence electrons. The van der Waals surface area contributed by atoms with Gasteiger partial charge in [0.1, 0.15) is 11.6 Å². The van der Waals surface area contributed by atoms with E-state index >= 15 is 0 Å². The summed E-state index contributed by atoms with van der Waals surface area (Å²) in [4.78, 5) is 0. The van der Waals surface area contributed by atoms with Crippen molar-refractivity contribution in [2.75, 3.05) is 0 Å². The van der Waals surface area contributed by atoms with Crippen LogP contribution in [0.2, 0.25) is 10.0 Å². The van der Waals surface area contributed by atoms with Gasteiger partial charge < -0.3 is 0 Å². The number of halogens is 4. The molecule has 2 aromatic rings. The molecule has 2 aromatic carbocycles. The first kappa shape index (κ1) is 11.4. The summed E-state index contributed by atoms with van der Waals surface area (Å²) in [5, 5.41) is 0.635. The van der Waals surface area contributed by atoms with Crippen LogP contribution in [-0.2, 0) is 0 Å². The van der Waals surface area contributed by atoms with E-state index in [0.717, 1.165) is 0 Å². The highest BCUT2D eigenvalue weighted by Gasteiger charge is 2.14. The van der Waals surface area contributed by atoms with E-state index < -0.39 is 11.6 Å². The lowest BCUT2D eigenvalue weighted by molar-refractivity contribution is 0.589. The SMILES string of the molecule is Fc1cccc(F)c1-c1cc(Cl)ccc1Cl. The van der Waals surface area contributed by atoms with Gasteiger partial charge in [-0.15, -0.1) is 0 Å². The van der Waals surface area contributed by atoms with E-state index in [9.17, 15) is 8.78 Å². The van der Waals surface area contributed by atoms with E-state index in [1.165, 1.54) is 30.3 Å². The Morgan fingerprint density at radius 2 is 1.50 bits per heavy atom. The highest BCUT2D eigenvalue weighted by atomic mass is 35.5. The van der Waals surface area contributed by atoms with Gasteiger partial charge in [-0.1, -0.05) is 29.3 Å². The van der Waals surface area contributed by atoms with E-state index in [-0.39, 0.29) is 16.1 Å². The second-order valence-corrected chi connectivity index (χ2v) is 4.06. The van der Waals surface area contributed by atoms with E-state index in [0.29, 0.717) is 5.02 Å². The minimum atomic E-state index is -0.663. The Balaban J connectivity index is 2.72. The second kappa shape index (κ2) is 4.40. The van der Waals surface area contributed by atoms with Crippen LogP contribution < -0.4 is 0 Å². The Bertz CT molecular complexity index is 518. The minimum absolute atomic E-state index is 0.157. The largest absolute Gasteiger partial charge is 0.206 e. The summed E-state index contributed by atoms with van der Waals surface area (Å²) in [6.45, 7) is 0. The fraction of sp³-hybridized carbons (Fsp3) is 0. The number of hydrogen-bond donors (Lipinski definition) is 0. The molecule has 0 aliphatic carbocycles. The fourth-order valence-electron chi connectivity index (χ4n) is 1.44. The van der Waals surface area contributed by atoms with E-state index in [1.54, 1.807) is 6.07 Å². The molecule has 0 aliphatic heterocycles. The maximum atomic E-state index is 13.5. The van der Waals surface area contributed by atoms with E-state index in [2.05, 4.69) is 0 Å². The van der Waals surface area contributed by atoms with Gasteiger partial charge in [-0.25, -0.2) is 8.78 Å². The van der Waals surface area contributed by atoms with Gasteiger partial charge >= 0.3 is 0 Å². The summed E-state index contributed by atoms with van der Waals surface area (Å²) in [7, 11) is 0. The van der Waals surface area contributed by atoms with Crippen LogP contribution in [0.3, 0.4) is 0 Å². The maximum Gasteiger partial charge on any atom is 0.134 e. The van der Waals surface area contributed by atoms with E-state index in [1.807, 2.05) is 0 Å². The van der Waals surface area contributed by atoms with Crippen LogP contribution in [0, 0.1) is 11.6 Å². The molecule has 0 saturated carbocycles.